The molecule has 3 heteroatoms. The minimum atomic E-state index is 0.387. The molecule has 2 nitrogen and oxygen atoms in total. The van der Waals surface area contributed by atoms with Crippen LogP contribution in [0.4, 0.5) is 0 Å². The topological polar surface area (TPSA) is 25.8 Å². The van der Waals surface area contributed by atoms with Gasteiger partial charge in [-0.1, -0.05) is 24.3 Å². The van der Waals surface area contributed by atoms with Crippen LogP contribution in [0, 0.1) is 0 Å². The van der Waals surface area contributed by atoms with Crippen LogP contribution >= 0.6 is 11.8 Å². The van der Waals surface area contributed by atoms with E-state index in [1.165, 1.54) is 24.0 Å². The summed E-state index contributed by atoms with van der Waals surface area (Å²) in [6, 6.07) is 9.05. The van der Waals surface area contributed by atoms with Gasteiger partial charge in [-0.25, -0.2) is 0 Å². The van der Waals surface area contributed by atoms with E-state index in [0.29, 0.717) is 5.25 Å². The molecule has 0 spiro atoms. The zero-order valence-corrected chi connectivity index (χ0v) is 11.9. The van der Waals surface area contributed by atoms with Crippen LogP contribution in [0.25, 0.3) is 0 Å². The Balaban J connectivity index is 1.61. The lowest BCUT2D eigenvalue weighted by atomic mass is 10.1. The Morgan fingerprint density at radius 3 is 2.95 bits per heavy atom. The lowest BCUT2D eigenvalue weighted by molar-refractivity contribution is 0.975. The normalized spacial score (nSPS) is 16.3. The molecule has 1 aliphatic carbocycles. The number of hydrogen-bond donors (Lipinski definition) is 0. The Hall–Kier alpha value is -1.35. The molecular formula is C16H18N2S. The summed E-state index contributed by atoms with van der Waals surface area (Å²) in [4.78, 5) is 8.49. The molecule has 1 aliphatic rings. The van der Waals surface area contributed by atoms with Gasteiger partial charge in [0.25, 0.3) is 0 Å². The van der Waals surface area contributed by atoms with Gasteiger partial charge in [-0.15, -0.1) is 11.8 Å². The van der Waals surface area contributed by atoms with Crippen LogP contribution < -0.4 is 0 Å². The highest BCUT2D eigenvalue weighted by Gasteiger charge is 2.23. The van der Waals surface area contributed by atoms with Gasteiger partial charge < -0.3 is 0 Å². The molecule has 1 atom stereocenters. The molecule has 1 unspecified atom stereocenters. The van der Waals surface area contributed by atoms with E-state index in [4.69, 9.17) is 0 Å². The highest BCUT2D eigenvalue weighted by atomic mass is 32.2. The molecule has 0 bridgehead atoms. The minimum absolute atomic E-state index is 0.387. The van der Waals surface area contributed by atoms with Gasteiger partial charge in [0.05, 0.1) is 5.69 Å². The molecule has 1 aromatic carbocycles. The lowest BCUT2D eigenvalue weighted by Gasteiger charge is -2.10. The maximum absolute atomic E-state index is 4.36. The van der Waals surface area contributed by atoms with Crippen LogP contribution in [0.15, 0.2) is 42.9 Å². The van der Waals surface area contributed by atoms with Crippen molar-refractivity contribution in [2.45, 2.75) is 36.7 Å². The van der Waals surface area contributed by atoms with Crippen molar-refractivity contribution < 1.29 is 0 Å². The zero-order valence-electron chi connectivity index (χ0n) is 11.1. The second-order valence-corrected chi connectivity index (χ2v) is 6.43. The lowest BCUT2D eigenvalue weighted by Crippen LogP contribution is -1.94. The van der Waals surface area contributed by atoms with Crippen molar-refractivity contribution in [3.05, 3.63) is 59.7 Å². The SMILES string of the molecule is CC(SCc1cccc(C2CC2)c1)c1cnccn1. The van der Waals surface area contributed by atoms with Gasteiger partial charge in [-0.3, -0.25) is 9.97 Å². The Bertz CT molecular complexity index is 537. The summed E-state index contributed by atoms with van der Waals surface area (Å²) < 4.78 is 0. The van der Waals surface area contributed by atoms with Crippen molar-refractivity contribution in [3.63, 3.8) is 0 Å². The van der Waals surface area contributed by atoms with E-state index in [1.54, 1.807) is 12.4 Å². The molecule has 1 fully saturated rings. The predicted octanol–water partition coefficient (Wildman–Crippen LogP) is 4.35. The Kier molecular flexibility index (Phi) is 3.83. The molecule has 19 heavy (non-hydrogen) atoms. The summed E-state index contributed by atoms with van der Waals surface area (Å²) in [7, 11) is 0. The Labute approximate surface area is 118 Å². The summed E-state index contributed by atoms with van der Waals surface area (Å²) in [5, 5.41) is 0.387. The number of hydrogen-bond acceptors (Lipinski definition) is 3. The van der Waals surface area contributed by atoms with E-state index in [1.807, 2.05) is 18.0 Å². The number of aromatic nitrogens is 2. The van der Waals surface area contributed by atoms with E-state index in [9.17, 15) is 0 Å². The van der Waals surface area contributed by atoms with Crippen molar-refractivity contribution >= 4 is 11.8 Å². The van der Waals surface area contributed by atoms with E-state index < -0.39 is 0 Å². The van der Waals surface area contributed by atoms with E-state index in [2.05, 4.69) is 41.2 Å². The van der Waals surface area contributed by atoms with Gasteiger partial charge in [0.15, 0.2) is 0 Å². The summed E-state index contributed by atoms with van der Waals surface area (Å²) in [5.41, 5.74) is 4.00. The molecule has 0 aliphatic heterocycles. The first kappa shape index (κ1) is 12.7. The van der Waals surface area contributed by atoms with Crippen LogP contribution in [0.5, 0.6) is 0 Å². The maximum atomic E-state index is 4.36. The standard InChI is InChI=1S/C16H18N2S/c1-12(16-10-17-7-8-18-16)19-11-13-3-2-4-15(9-13)14-5-6-14/h2-4,7-10,12,14H,5-6,11H2,1H3. The highest BCUT2D eigenvalue weighted by Crippen LogP contribution is 2.40. The molecule has 3 rings (SSSR count). The monoisotopic (exact) mass is 270 g/mol. The molecule has 0 N–H and O–H groups in total. The third-order valence-electron chi connectivity index (χ3n) is 3.50. The average molecular weight is 270 g/mol. The fourth-order valence-electron chi connectivity index (χ4n) is 2.18. The Morgan fingerprint density at radius 1 is 1.32 bits per heavy atom. The molecule has 1 aromatic heterocycles. The third kappa shape index (κ3) is 3.35. The second-order valence-electron chi connectivity index (χ2n) is 5.10. The minimum Gasteiger partial charge on any atom is -0.261 e. The molecule has 1 saturated carbocycles. The third-order valence-corrected chi connectivity index (χ3v) is 4.74. The van der Waals surface area contributed by atoms with Crippen LogP contribution in [-0.2, 0) is 5.75 Å². The van der Waals surface area contributed by atoms with Gasteiger partial charge in [-0.05, 0) is 36.8 Å². The number of benzene rings is 1. The van der Waals surface area contributed by atoms with Gasteiger partial charge in [0, 0.05) is 29.6 Å². The molecule has 0 amide bonds. The molecule has 0 radical (unpaired) electrons. The molecular weight excluding hydrogens is 252 g/mol. The Morgan fingerprint density at radius 2 is 2.21 bits per heavy atom. The van der Waals surface area contributed by atoms with Gasteiger partial charge in [0.2, 0.25) is 0 Å². The van der Waals surface area contributed by atoms with Crippen LogP contribution in [-0.4, -0.2) is 9.97 Å². The average Bonchev–Trinajstić information content (AvgIpc) is 3.31. The van der Waals surface area contributed by atoms with Gasteiger partial charge >= 0.3 is 0 Å². The fourth-order valence-corrected chi connectivity index (χ4v) is 3.10. The number of thioether (sulfide) groups is 1. The fraction of sp³-hybridized carbons (Fsp3) is 0.375. The van der Waals surface area contributed by atoms with Crippen LogP contribution in [0.2, 0.25) is 0 Å². The number of rotatable bonds is 5. The second kappa shape index (κ2) is 5.74. The van der Waals surface area contributed by atoms with E-state index in [0.717, 1.165) is 17.4 Å². The van der Waals surface area contributed by atoms with Gasteiger partial charge in [-0.2, -0.15) is 0 Å². The molecule has 0 saturated heterocycles. The molecule has 1 heterocycles. The van der Waals surface area contributed by atoms with Crippen molar-refractivity contribution in [1.29, 1.82) is 0 Å². The van der Waals surface area contributed by atoms with Crippen molar-refractivity contribution in [1.82, 2.24) is 9.97 Å². The first-order valence-corrected chi connectivity index (χ1v) is 7.84. The summed E-state index contributed by atoms with van der Waals surface area (Å²) in [6.07, 6.45) is 8.08. The largest absolute Gasteiger partial charge is 0.261 e. The first-order chi connectivity index (χ1) is 9.33. The predicted molar refractivity (Wildman–Crippen MR) is 80.2 cm³/mol. The highest BCUT2D eigenvalue weighted by molar-refractivity contribution is 7.98. The van der Waals surface area contributed by atoms with Crippen LogP contribution in [0.1, 0.15) is 47.8 Å². The maximum Gasteiger partial charge on any atom is 0.0713 e. The van der Waals surface area contributed by atoms with Crippen molar-refractivity contribution in [2.24, 2.45) is 0 Å². The molecule has 2 aromatic rings. The summed E-state index contributed by atoms with van der Waals surface area (Å²) in [6.45, 7) is 2.19. The smallest absolute Gasteiger partial charge is 0.0713 e. The van der Waals surface area contributed by atoms with Crippen molar-refractivity contribution in [3.8, 4) is 0 Å². The molecule has 98 valence electrons. The summed E-state index contributed by atoms with van der Waals surface area (Å²) >= 11 is 1.92. The van der Waals surface area contributed by atoms with E-state index >= 15 is 0 Å². The zero-order chi connectivity index (χ0) is 13.1. The van der Waals surface area contributed by atoms with Crippen molar-refractivity contribution in [2.75, 3.05) is 0 Å². The first-order valence-electron chi connectivity index (χ1n) is 6.79. The van der Waals surface area contributed by atoms with Crippen LogP contribution in [0.3, 0.4) is 0 Å². The quantitative estimate of drug-likeness (QED) is 0.808. The van der Waals surface area contributed by atoms with E-state index in [-0.39, 0.29) is 0 Å². The number of nitrogens with zero attached hydrogens (tertiary/aromatic N) is 2. The van der Waals surface area contributed by atoms with Gasteiger partial charge in [0.1, 0.15) is 0 Å². The summed E-state index contributed by atoms with van der Waals surface area (Å²) in [5.74, 6) is 1.88.